The van der Waals surface area contributed by atoms with Gasteiger partial charge in [-0.3, -0.25) is 4.79 Å². The van der Waals surface area contributed by atoms with Gasteiger partial charge in [-0.05, 0) is 6.26 Å². The first-order valence-corrected chi connectivity index (χ1v) is 5.10. The van der Waals surface area contributed by atoms with Crippen molar-refractivity contribution >= 4 is 17.5 Å². The Kier molecular flexibility index (Phi) is 3.34. The quantitative estimate of drug-likeness (QED) is 0.697. The molecule has 0 bridgehead atoms. The average molecular weight is 184 g/mol. The first kappa shape index (κ1) is 9.32. The molecule has 4 heteroatoms. The topological polar surface area (TPSA) is 34.9 Å². The summed E-state index contributed by atoms with van der Waals surface area (Å²) in [5.74, 6) is 1.65. The molecular formula is C8H12N2OS. The summed E-state index contributed by atoms with van der Waals surface area (Å²) in [5, 5.41) is 0. The third-order valence-corrected chi connectivity index (χ3v) is 2.19. The third kappa shape index (κ3) is 2.37. The molecule has 0 aliphatic carbocycles. The van der Waals surface area contributed by atoms with E-state index in [1.54, 1.807) is 18.0 Å². The smallest absolute Gasteiger partial charge is 0.150 e. The summed E-state index contributed by atoms with van der Waals surface area (Å²) in [4.78, 5) is 15.3. The lowest BCUT2D eigenvalue weighted by Crippen LogP contribution is -2.09. The van der Waals surface area contributed by atoms with Gasteiger partial charge in [0.15, 0.2) is 0 Å². The summed E-state index contributed by atoms with van der Waals surface area (Å²) in [6, 6.07) is 0. The zero-order valence-corrected chi connectivity index (χ0v) is 8.10. The molecule has 0 aliphatic rings. The second kappa shape index (κ2) is 4.30. The lowest BCUT2D eigenvalue weighted by molar-refractivity contribution is -0.116. The monoisotopic (exact) mass is 184 g/mol. The summed E-state index contributed by atoms with van der Waals surface area (Å²) in [5.41, 5.74) is 0. The van der Waals surface area contributed by atoms with E-state index >= 15 is 0 Å². The molecule has 0 aliphatic heterocycles. The Morgan fingerprint density at radius 2 is 2.50 bits per heavy atom. The van der Waals surface area contributed by atoms with E-state index in [9.17, 15) is 4.79 Å². The van der Waals surface area contributed by atoms with Gasteiger partial charge in [-0.15, -0.1) is 0 Å². The molecule has 1 rings (SSSR count). The third-order valence-electron chi connectivity index (χ3n) is 1.58. The lowest BCUT2D eigenvalue weighted by Gasteiger charge is -1.99. The van der Waals surface area contributed by atoms with E-state index < -0.39 is 0 Å². The Balaban J connectivity index is 2.52. The molecule has 0 amide bonds. The number of carbonyl (C=O) groups excluding carboxylic acids is 1. The van der Waals surface area contributed by atoms with E-state index in [2.05, 4.69) is 4.98 Å². The van der Waals surface area contributed by atoms with Crippen LogP contribution in [0.25, 0.3) is 0 Å². The number of Topliss-reactive ketones (excluding diaryl/α,β-unsaturated/α-hetero) is 1. The van der Waals surface area contributed by atoms with Crippen molar-refractivity contribution < 1.29 is 4.79 Å². The van der Waals surface area contributed by atoms with Gasteiger partial charge in [-0.1, -0.05) is 0 Å². The van der Waals surface area contributed by atoms with Crippen molar-refractivity contribution in [2.45, 2.75) is 6.42 Å². The minimum absolute atomic E-state index is 0.233. The number of hydrogen-bond acceptors (Lipinski definition) is 3. The van der Waals surface area contributed by atoms with Crippen molar-refractivity contribution in [3.05, 3.63) is 18.2 Å². The van der Waals surface area contributed by atoms with Gasteiger partial charge < -0.3 is 4.57 Å². The van der Waals surface area contributed by atoms with Crippen LogP contribution in [0.1, 0.15) is 5.82 Å². The fourth-order valence-electron chi connectivity index (χ4n) is 0.955. The largest absolute Gasteiger partial charge is 0.338 e. The number of thioether (sulfide) groups is 1. The molecule has 3 nitrogen and oxygen atoms in total. The van der Waals surface area contributed by atoms with Crippen LogP contribution in [0, 0.1) is 0 Å². The van der Waals surface area contributed by atoms with Crippen LogP contribution in [0.2, 0.25) is 0 Å². The molecule has 0 radical (unpaired) electrons. The summed E-state index contributed by atoms with van der Waals surface area (Å²) in [6.45, 7) is 0. The summed E-state index contributed by atoms with van der Waals surface area (Å²) >= 11 is 1.55. The number of nitrogens with zero attached hydrogens (tertiary/aromatic N) is 2. The van der Waals surface area contributed by atoms with E-state index in [0.717, 1.165) is 5.82 Å². The van der Waals surface area contributed by atoms with Gasteiger partial charge in [-0.2, -0.15) is 11.8 Å². The molecule has 0 aromatic carbocycles. The van der Waals surface area contributed by atoms with E-state index in [-0.39, 0.29) is 5.78 Å². The zero-order valence-electron chi connectivity index (χ0n) is 7.28. The standard InChI is InChI=1S/C8H12N2OS/c1-10-4-3-9-8(10)5-7(11)6-12-2/h3-4H,5-6H2,1-2H3. The second-order valence-corrected chi connectivity index (χ2v) is 3.47. The van der Waals surface area contributed by atoms with Crippen molar-refractivity contribution in [3.8, 4) is 0 Å². The van der Waals surface area contributed by atoms with Gasteiger partial charge in [0.2, 0.25) is 0 Å². The van der Waals surface area contributed by atoms with Gasteiger partial charge in [0.05, 0.1) is 12.2 Å². The molecule has 0 fully saturated rings. The Morgan fingerprint density at radius 1 is 1.75 bits per heavy atom. The molecule has 1 heterocycles. The predicted octanol–water partition coefficient (Wildman–Crippen LogP) is 0.895. The van der Waals surface area contributed by atoms with Gasteiger partial charge in [-0.25, -0.2) is 4.98 Å². The first-order chi connectivity index (χ1) is 5.74. The molecule has 0 saturated carbocycles. The maximum atomic E-state index is 11.2. The highest BCUT2D eigenvalue weighted by atomic mass is 32.2. The Bertz CT molecular complexity index is 270. The van der Waals surface area contributed by atoms with Gasteiger partial charge >= 0.3 is 0 Å². The number of aromatic nitrogens is 2. The fraction of sp³-hybridized carbons (Fsp3) is 0.500. The second-order valence-electron chi connectivity index (χ2n) is 2.60. The Labute approximate surface area is 76.2 Å². The van der Waals surface area contributed by atoms with Gasteiger partial charge in [0.25, 0.3) is 0 Å². The first-order valence-electron chi connectivity index (χ1n) is 3.71. The number of rotatable bonds is 4. The molecule has 1 aromatic rings. The van der Waals surface area contributed by atoms with Crippen LogP contribution < -0.4 is 0 Å². The van der Waals surface area contributed by atoms with Crippen molar-refractivity contribution in [2.24, 2.45) is 7.05 Å². The lowest BCUT2D eigenvalue weighted by atomic mass is 10.3. The maximum Gasteiger partial charge on any atom is 0.150 e. The van der Waals surface area contributed by atoms with Crippen LogP contribution in [0.4, 0.5) is 0 Å². The SMILES string of the molecule is CSCC(=O)Cc1nccn1C. The molecular weight excluding hydrogens is 172 g/mol. The predicted molar refractivity (Wildman–Crippen MR) is 50.3 cm³/mol. The molecule has 0 atom stereocenters. The van der Waals surface area contributed by atoms with Crippen molar-refractivity contribution in [2.75, 3.05) is 12.0 Å². The highest BCUT2D eigenvalue weighted by molar-refractivity contribution is 7.99. The van der Waals surface area contributed by atoms with Crippen LogP contribution in [-0.4, -0.2) is 27.3 Å². The average Bonchev–Trinajstić information content (AvgIpc) is 2.37. The number of imidazole rings is 1. The molecule has 0 spiro atoms. The molecule has 0 N–H and O–H groups in total. The summed E-state index contributed by atoms with van der Waals surface area (Å²) in [7, 11) is 1.90. The van der Waals surface area contributed by atoms with E-state index in [4.69, 9.17) is 0 Å². The summed E-state index contributed by atoms with van der Waals surface area (Å²) in [6.07, 6.45) is 5.93. The number of aryl methyl sites for hydroxylation is 1. The van der Waals surface area contributed by atoms with E-state index in [0.29, 0.717) is 12.2 Å². The molecule has 12 heavy (non-hydrogen) atoms. The molecule has 66 valence electrons. The Morgan fingerprint density at radius 3 is 3.00 bits per heavy atom. The molecule has 1 aromatic heterocycles. The van der Waals surface area contributed by atoms with Crippen LogP contribution in [-0.2, 0) is 18.3 Å². The van der Waals surface area contributed by atoms with Crippen molar-refractivity contribution in [3.63, 3.8) is 0 Å². The van der Waals surface area contributed by atoms with Crippen molar-refractivity contribution in [1.82, 2.24) is 9.55 Å². The van der Waals surface area contributed by atoms with E-state index in [1.807, 2.05) is 24.1 Å². The summed E-state index contributed by atoms with van der Waals surface area (Å²) < 4.78 is 1.87. The molecule has 0 saturated heterocycles. The fourth-order valence-corrected chi connectivity index (χ4v) is 1.38. The minimum atomic E-state index is 0.233. The van der Waals surface area contributed by atoms with Crippen LogP contribution >= 0.6 is 11.8 Å². The van der Waals surface area contributed by atoms with Gasteiger partial charge in [0.1, 0.15) is 11.6 Å². The Hall–Kier alpha value is -0.770. The highest BCUT2D eigenvalue weighted by Gasteiger charge is 2.05. The van der Waals surface area contributed by atoms with Gasteiger partial charge in [0, 0.05) is 19.4 Å². The molecule has 0 unspecified atom stereocenters. The maximum absolute atomic E-state index is 11.2. The van der Waals surface area contributed by atoms with Crippen LogP contribution in [0.3, 0.4) is 0 Å². The number of carbonyl (C=O) groups is 1. The van der Waals surface area contributed by atoms with E-state index in [1.165, 1.54) is 0 Å². The van der Waals surface area contributed by atoms with Crippen molar-refractivity contribution in [1.29, 1.82) is 0 Å². The van der Waals surface area contributed by atoms with Crippen LogP contribution in [0.15, 0.2) is 12.4 Å². The highest BCUT2D eigenvalue weighted by Crippen LogP contribution is 2.00. The number of ketones is 1. The van der Waals surface area contributed by atoms with Crippen LogP contribution in [0.5, 0.6) is 0 Å². The number of hydrogen-bond donors (Lipinski definition) is 0. The minimum Gasteiger partial charge on any atom is -0.338 e. The zero-order chi connectivity index (χ0) is 8.97. The normalized spacial score (nSPS) is 10.2.